The topological polar surface area (TPSA) is 117 Å². The van der Waals surface area contributed by atoms with Crippen molar-refractivity contribution in [3.8, 4) is 5.75 Å². The molecular weight excluding hydrogens is 525 g/mol. The summed E-state index contributed by atoms with van der Waals surface area (Å²) in [6.45, 7) is 3.70. The van der Waals surface area contributed by atoms with Crippen LogP contribution in [-0.4, -0.2) is 67.8 Å². The lowest BCUT2D eigenvalue weighted by atomic mass is 10.2. The standard InChI is InChI=1S/C24H25F3N6O4S/c1-17(30-18-2-6-20(7-3-18)37-24(25,26)27)23(34)33-14-12-32(13-15-33)19-4-8-21(9-5-19)38(35,36)31-22-10-11-28-16-29-22/h2-11,16-17,30H,12-15H2,1H3,(H,28,29,31). The average Bonchev–Trinajstić information content (AvgIpc) is 2.89. The molecule has 2 N–H and O–H groups in total. The van der Waals surface area contributed by atoms with Gasteiger partial charge in [-0.2, -0.15) is 0 Å². The molecule has 1 aromatic heterocycles. The number of halogens is 3. The highest BCUT2D eigenvalue weighted by molar-refractivity contribution is 7.92. The minimum absolute atomic E-state index is 0.0894. The molecule has 2 aromatic carbocycles. The van der Waals surface area contributed by atoms with Gasteiger partial charge in [0.25, 0.3) is 10.0 Å². The van der Waals surface area contributed by atoms with Gasteiger partial charge in [-0.1, -0.05) is 0 Å². The van der Waals surface area contributed by atoms with Gasteiger partial charge in [0.05, 0.1) is 4.90 Å². The lowest BCUT2D eigenvalue weighted by Crippen LogP contribution is -2.52. The Morgan fingerprint density at radius 3 is 2.24 bits per heavy atom. The Labute approximate surface area is 217 Å². The van der Waals surface area contributed by atoms with Gasteiger partial charge in [-0.05, 0) is 61.5 Å². The SMILES string of the molecule is CC(Nc1ccc(OC(F)(F)F)cc1)C(=O)N1CCN(c2ccc(S(=O)(=O)Nc3ccncn3)cc2)CC1. The van der Waals surface area contributed by atoms with Crippen molar-refractivity contribution in [3.63, 3.8) is 0 Å². The van der Waals surface area contributed by atoms with Gasteiger partial charge in [0.2, 0.25) is 5.91 Å². The van der Waals surface area contributed by atoms with Crippen LogP contribution in [0.2, 0.25) is 0 Å². The van der Waals surface area contributed by atoms with Crippen LogP contribution in [-0.2, 0) is 14.8 Å². The van der Waals surface area contributed by atoms with Gasteiger partial charge in [-0.15, -0.1) is 13.2 Å². The van der Waals surface area contributed by atoms with Crippen LogP contribution in [0.1, 0.15) is 6.92 Å². The summed E-state index contributed by atoms with van der Waals surface area (Å²) < 4.78 is 68.4. The second kappa shape index (κ2) is 11.1. The smallest absolute Gasteiger partial charge is 0.406 e. The molecule has 1 fully saturated rings. The number of amides is 1. The third-order valence-electron chi connectivity index (χ3n) is 5.77. The van der Waals surface area contributed by atoms with Crippen molar-refractivity contribution in [2.45, 2.75) is 24.2 Å². The third kappa shape index (κ3) is 7.03. The van der Waals surface area contributed by atoms with Crippen LogP contribution in [0.5, 0.6) is 5.75 Å². The van der Waals surface area contributed by atoms with Gasteiger partial charge in [0, 0.05) is 43.8 Å². The van der Waals surface area contributed by atoms with Crippen molar-refractivity contribution in [1.29, 1.82) is 0 Å². The number of nitrogens with one attached hydrogen (secondary N) is 2. The summed E-state index contributed by atoms with van der Waals surface area (Å²) in [6.07, 6.45) is -2.09. The first kappa shape index (κ1) is 27.0. The zero-order chi connectivity index (χ0) is 27.3. The highest BCUT2D eigenvalue weighted by atomic mass is 32.2. The summed E-state index contributed by atoms with van der Waals surface area (Å²) in [7, 11) is -3.80. The Morgan fingerprint density at radius 1 is 1.00 bits per heavy atom. The van der Waals surface area contributed by atoms with Gasteiger partial charge < -0.3 is 19.9 Å². The summed E-state index contributed by atoms with van der Waals surface area (Å²) >= 11 is 0. The molecule has 4 rings (SSSR count). The fourth-order valence-corrected chi connectivity index (χ4v) is 4.92. The maximum atomic E-state index is 12.9. The van der Waals surface area contributed by atoms with Crippen LogP contribution in [0.3, 0.4) is 0 Å². The minimum atomic E-state index is -4.77. The van der Waals surface area contributed by atoms with E-state index in [0.717, 1.165) is 5.69 Å². The van der Waals surface area contributed by atoms with Crippen LogP contribution in [0.4, 0.5) is 30.4 Å². The first-order valence-corrected chi connectivity index (χ1v) is 13.0. The number of carbonyl (C=O) groups is 1. The second-order valence-corrected chi connectivity index (χ2v) is 10.1. The molecule has 1 aliphatic heterocycles. The number of hydrogen-bond acceptors (Lipinski definition) is 8. The number of alkyl halides is 3. The predicted octanol–water partition coefficient (Wildman–Crippen LogP) is 3.33. The number of anilines is 3. The highest BCUT2D eigenvalue weighted by Crippen LogP contribution is 2.25. The van der Waals surface area contributed by atoms with E-state index in [1.807, 2.05) is 0 Å². The van der Waals surface area contributed by atoms with E-state index in [2.05, 4.69) is 29.6 Å². The maximum absolute atomic E-state index is 12.9. The van der Waals surface area contributed by atoms with E-state index in [0.29, 0.717) is 31.9 Å². The fraction of sp³-hybridized carbons (Fsp3) is 0.292. The summed E-state index contributed by atoms with van der Waals surface area (Å²) in [5.74, 6) is -0.315. The molecule has 0 spiro atoms. The zero-order valence-electron chi connectivity index (χ0n) is 20.2. The number of sulfonamides is 1. The monoisotopic (exact) mass is 550 g/mol. The Hall–Kier alpha value is -4.07. The molecule has 202 valence electrons. The second-order valence-electron chi connectivity index (χ2n) is 8.44. The average molecular weight is 551 g/mol. The molecule has 2 heterocycles. The van der Waals surface area contributed by atoms with Gasteiger partial charge in [0.1, 0.15) is 23.9 Å². The first-order chi connectivity index (χ1) is 18.0. The van der Waals surface area contributed by atoms with Crippen LogP contribution in [0.25, 0.3) is 0 Å². The summed E-state index contributed by atoms with van der Waals surface area (Å²) in [5, 5.41) is 3.00. The van der Waals surface area contributed by atoms with Crippen molar-refractivity contribution in [1.82, 2.24) is 14.9 Å². The quantitative estimate of drug-likeness (QED) is 0.439. The lowest BCUT2D eigenvalue weighted by Gasteiger charge is -2.37. The van der Waals surface area contributed by atoms with Gasteiger partial charge >= 0.3 is 6.36 Å². The molecule has 0 radical (unpaired) electrons. The molecule has 1 unspecified atom stereocenters. The van der Waals surface area contributed by atoms with Crippen molar-refractivity contribution in [3.05, 3.63) is 67.1 Å². The molecule has 14 heteroatoms. The number of benzene rings is 2. The van der Waals surface area contributed by atoms with E-state index in [-0.39, 0.29) is 22.4 Å². The van der Waals surface area contributed by atoms with Crippen LogP contribution >= 0.6 is 0 Å². The Morgan fingerprint density at radius 2 is 1.66 bits per heavy atom. The minimum Gasteiger partial charge on any atom is -0.406 e. The van der Waals surface area contributed by atoms with Crippen LogP contribution in [0, 0.1) is 0 Å². The van der Waals surface area contributed by atoms with Crippen LogP contribution < -0.4 is 19.7 Å². The van der Waals surface area contributed by atoms with Crippen molar-refractivity contribution in [2.75, 3.05) is 41.1 Å². The highest BCUT2D eigenvalue weighted by Gasteiger charge is 2.31. The zero-order valence-corrected chi connectivity index (χ0v) is 21.0. The molecule has 0 saturated carbocycles. The van der Waals surface area contributed by atoms with E-state index >= 15 is 0 Å². The number of rotatable bonds is 8. The number of carbonyl (C=O) groups excluding carboxylic acids is 1. The number of hydrogen-bond donors (Lipinski definition) is 2. The Balaban J connectivity index is 1.29. The molecule has 1 amide bonds. The third-order valence-corrected chi connectivity index (χ3v) is 7.14. The van der Waals surface area contributed by atoms with Crippen molar-refractivity contribution < 1.29 is 31.1 Å². The fourth-order valence-electron chi connectivity index (χ4n) is 3.91. The molecule has 1 saturated heterocycles. The van der Waals surface area contributed by atoms with Gasteiger partial charge in [0.15, 0.2) is 0 Å². The van der Waals surface area contributed by atoms with Crippen molar-refractivity contribution in [2.24, 2.45) is 0 Å². The predicted molar refractivity (Wildman–Crippen MR) is 134 cm³/mol. The Kier molecular flexibility index (Phi) is 7.90. The summed E-state index contributed by atoms with van der Waals surface area (Å²) in [6, 6.07) is 12.5. The largest absolute Gasteiger partial charge is 0.573 e. The first-order valence-electron chi connectivity index (χ1n) is 11.6. The summed E-state index contributed by atoms with van der Waals surface area (Å²) in [5.41, 5.74) is 1.31. The van der Waals surface area contributed by atoms with Crippen molar-refractivity contribution >= 4 is 33.1 Å². The summed E-state index contributed by atoms with van der Waals surface area (Å²) in [4.78, 5) is 24.4. The number of aromatic nitrogens is 2. The Bertz CT molecular complexity index is 1330. The molecule has 0 bridgehead atoms. The normalized spacial score (nSPS) is 15.1. The van der Waals surface area contributed by atoms with E-state index in [1.54, 1.807) is 24.0 Å². The molecule has 0 aliphatic carbocycles. The molecule has 3 aromatic rings. The van der Waals surface area contributed by atoms with Crippen LogP contribution in [0.15, 0.2) is 72.0 Å². The lowest BCUT2D eigenvalue weighted by molar-refractivity contribution is -0.274. The van der Waals surface area contributed by atoms with Gasteiger partial charge in [-0.3, -0.25) is 9.52 Å². The molecular formula is C24H25F3N6O4S. The van der Waals surface area contributed by atoms with Gasteiger partial charge in [-0.25, -0.2) is 18.4 Å². The number of nitrogens with zero attached hydrogens (tertiary/aromatic N) is 4. The van der Waals surface area contributed by atoms with E-state index in [4.69, 9.17) is 0 Å². The van der Waals surface area contributed by atoms with E-state index < -0.39 is 22.4 Å². The van der Waals surface area contributed by atoms with E-state index in [1.165, 1.54) is 55.0 Å². The number of ether oxygens (including phenoxy) is 1. The molecule has 1 atom stereocenters. The molecule has 10 nitrogen and oxygen atoms in total. The van der Waals surface area contributed by atoms with E-state index in [9.17, 15) is 26.4 Å². The molecule has 38 heavy (non-hydrogen) atoms. The molecule has 1 aliphatic rings. The maximum Gasteiger partial charge on any atom is 0.573 e. The number of piperazine rings is 1.